The number of aromatic nitrogens is 1. The summed E-state index contributed by atoms with van der Waals surface area (Å²) in [6, 6.07) is 2.96. The first-order valence-corrected chi connectivity index (χ1v) is 5.41. The molecule has 0 saturated carbocycles. The van der Waals surface area contributed by atoms with Crippen LogP contribution < -0.4 is 0 Å². The van der Waals surface area contributed by atoms with Crippen molar-refractivity contribution in [1.29, 1.82) is 0 Å². The van der Waals surface area contributed by atoms with Crippen molar-refractivity contribution in [3.8, 4) is 0 Å². The third-order valence-electron chi connectivity index (χ3n) is 2.03. The van der Waals surface area contributed by atoms with E-state index < -0.39 is 29.3 Å². The van der Waals surface area contributed by atoms with Gasteiger partial charge in [-0.2, -0.15) is 0 Å². The summed E-state index contributed by atoms with van der Waals surface area (Å²) < 4.78 is 6.19. The average Bonchev–Trinajstić information content (AvgIpc) is 2.61. The summed E-state index contributed by atoms with van der Waals surface area (Å²) in [4.78, 5) is 21.5. The third-order valence-corrected chi connectivity index (χ3v) is 2.03. The van der Waals surface area contributed by atoms with Gasteiger partial charge in [0.1, 0.15) is 5.60 Å². The van der Waals surface area contributed by atoms with E-state index in [0.29, 0.717) is 0 Å². The zero-order chi connectivity index (χ0) is 13.9. The Bertz CT molecular complexity index is 447. The molecule has 1 rings (SSSR count). The fraction of sp³-hybridized carbons (Fsp3) is 0.545. The summed E-state index contributed by atoms with van der Waals surface area (Å²) in [6.45, 7) is 4.47. The van der Waals surface area contributed by atoms with Crippen molar-refractivity contribution in [2.75, 3.05) is 6.54 Å². The van der Waals surface area contributed by atoms with E-state index in [4.69, 9.17) is 4.74 Å². The van der Waals surface area contributed by atoms with E-state index in [1.807, 2.05) is 0 Å². The lowest BCUT2D eigenvalue weighted by atomic mass is 10.2. The van der Waals surface area contributed by atoms with Crippen LogP contribution in [0.1, 0.15) is 32.6 Å². The van der Waals surface area contributed by atoms with Gasteiger partial charge in [0.25, 0.3) is 0 Å². The summed E-state index contributed by atoms with van der Waals surface area (Å²) in [7, 11) is 0. The predicted molar refractivity (Wildman–Crippen MR) is 62.9 cm³/mol. The second-order valence-corrected chi connectivity index (χ2v) is 4.81. The van der Waals surface area contributed by atoms with Gasteiger partial charge in [0.2, 0.25) is 6.54 Å². The van der Waals surface area contributed by atoms with Crippen LogP contribution in [0.5, 0.6) is 0 Å². The number of aliphatic hydroxyl groups excluding tert-OH is 1. The van der Waals surface area contributed by atoms with Crippen LogP contribution in [-0.2, 0) is 4.74 Å². The molecule has 100 valence electrons. The molecule has 1 N–H and O–H groups in total. The maximum atomic E-state index is 11.8. The molecular weight excluding hydrogens is 240 g/mol. The topological polar surface area (TPSA) is 94.6 Å². The van der Waals surface area contributed by atoms with Crippen LogP contribution >= 0.6 is 0 Å². The van der Waals surface area contributed by atoms with E-state index in [9.17, 15) is 20.0 Å². The lowest BCUT2D eigenvalue weighted by Crippen LogP contribution is -2.28. The molecule has 1 aromatic heterocycles. The van der Waals surface area contributed by atoms with E-state index in [2.05, 4.69) is 0 Å². The van der Waals surface area contributed by atoms with E-state index in [-0.39, 0.29) is 5.69 Å². The number of rotatable bonds is 3. The van der Waals surface area contributed by atoms with E-state index >= 15 is 0 Å². The fourth-order valence-electron chi connectivity index (χ4n) is 1.38. The van der Waals surface area contributed by atoms with Gasteiger partial charge in [0.05, 0.1) is 5.69 Å². The van der Waals surface area contributed by atoms with Gasteiger partial charge in [-0.05, 0) is 32.9 Å². The van der Waals surface area contributed by atoms with Gasteiger partial charge in [-0.25, -0.2) is 4.79 Å². The van der Waals surface area contributed by atoms with Crippen LogP contribution in [0.15, 0.2) is 18.3 Å². The molecule has 1 heterocycles. The number of hydrogen-bond donors (Lipinski definition) is 1. The van der Waals surface area contributed by atoms with Crippen molar-refractivity contribution in [2.24, 2.45) is 0 Å². The minimum absolute atomic E-state index is 0.140. The number of carbonyl (C=O) groups excluding carboxylic acids is 1. The monoisotopic (exact) mass is 256 g/mol. The molecule has 1 aromatic rings. The van der Waals surface area contributed by atoms with Crippen LogP contribution in [0.2, 0.25) is 0 Å². The van der Waals surface area contributed by atoms with Gasteiger partial charge in [0, 0.05) is 11.1 Å². The van der Waals surface area contributed by atoms with E-state index in [1.165, 1.54) is 18.3 Å². The Labute approximate surface area is 104 Å². The van der Waals surface area contributed by atoms with Crippen molar-refractivity contribution >= 4 is 6.09 Å². The van der Waals surface area contributed by atoms with Gasteiger partial charge in [-0.15, -0.1) is 0 Å². The number of aliphatic hydroxyl groups is 1. The molecule has 0 radical (unpaired) electrons. The highest BCUT2D eigenvalue weighted by atomic mass is 16.6. The molecule has 0 aliphatic carbocycles. The highest BCUT2D eigenvalue weighted by Crippen LogP contribution is 2.16. The Kier molecular flexibility index (Phi) is 4.07. The Balaban J connectivity index is 2.88. The largest absolute Gasteiger partial charge is 0.443 e. The molecule has 0 unspecified atom stereocenters. The van der Waals surface area contributed by atoms with Crippen LogP contribution in [-0.4, -0.2) is 32.8 Å². The molecular formula is C11H16N2O5. The highest BCUT2D eigenvalue weighted by Gasteiger charge is 2.24. The lowest BCUT2D eigenvalue weighted by Gasteiger charge is -2.20. The van der Waals surface area contributed by atoms with Crippen LogP contribution in [0.4, 0.5) is 4.79 Å². The van der Waals surface area contributed by atoms with Gasteiger partial charge in [-0.1, -0.05) is 0 Å². The first-order chi connectivity index (χ1) is 8.20. The molecule has 7 heteroatoms. The molecule has 18 heavy (non-hydrogen) atoms. The molecule has 0 spiro atoms. The Morgan fingerprint density at radius 1 is 1.61 bits per heavy atom. The summed E-state index contributed by atoms with van der Waals surface area (Å²) in [5.41, 5.74) is -0.534. The van der Waals surface area contributed by atoms with Gasteiger partial charge < -0.3 is 9.84 Å². The molecule has 0 aromatic carbocycles. The Hall–Kier alpha value is -1.89. The second-order valence-electron chi connectivity index (χ2n) is 4.81. The van der Waals surface area contributed by atoms with E-state index in [1.54, 1.807) is 20.8 Å². The molecule has 0 aliphatic rings. The molecule has 0 saturated heterocycles. The molecule has 7 nitrogen and oxygen atoms in total. The summed E-state index contributed by atoms with van der Waals surface area (Å²) in [6.07, 6.45) is -0.626. The first kappa shape index (κ1) is 14.2. The maximum absolute atomic E-state index is 11.8. The van der Waals surface area contributed by atoms with Gasteiger partial charge in [0.15, 0.2) is 6.10 Å². The lowest BCUT2D eigenvalue weighted by molar-refractivity contribution is -0.491. The van der Waals surface area contributed by atoms with Crippen molar-refractivity contribution in [2.45, 2.75) is 32.5 Å². The average molecular weight is 256 g/mol. The van der Waals surface area contributed by atoms with Crippen molar-refractivity contribution in [3.05, 3.63) is 34.1 Å². The van der Waals surface area contributed by atoms with Crippen LogP contribution in [0, 0.1) is 10.1 Å². The number of nitrogens with zero attached hydrogens (tertiary/aromatic N) is 2. The zero-order valence-corrected chi connectivity index (χ0v) is 10.5. The molecule has 0 aliphatic heterocycles. The summed E-state index contributed by atoms with van der Waals surface area (Å²) in [5.74, 6) is 0. The normalized spacial score (nSPS) is 13.1. The minimum atomic E-state index is -1.34. The fourth-order valence-corrected chi connectivity index (χ4v) is 1.38. The van der Waals surface area contributed by atoms with E-state index in [0.717, 1.165) is 4.57 Å². The van der Waals surface area contributed by atoms with Crippen molar-refractivity contribution in [3.63, 3.8) is 0 Å². The van der Waals surface area contributed by atoms with Crippen LogP contribution in [0.25, 0.3) is 0 Å². The van der Waals surface area contributed by atoms with Crippen molar-refractivity contribution < 1.29 is 19.6 Å². The standard InChI is InChI=1S/C11H16N2O5/c1-11(2,3)18-10(15)12-6-4-5-8(12)9(14)7-13(16)17/h4-6,9,14H,7H2,1-3H3/t9-/m1/s1. The number of carbonyl (C=O) groups is 1. The SMILES string of the molecule is CC(C)(C)OC(=O)n1cccc1[C@H](O)C[N+](=O)[O-]. The Morgan fingerprint density at radius 2 is 2.22 bits per heavy atom. The highest BCUT2D eigenvalue weighted by molar-refractivity contribution is 5.72. The third kappa shape index (κ3) is 3.85. The minimum Gasteiger partial charge on any atom is -0.443 e. The van der Waals surface area contributed by atoms with Gasteiger partial charge in [-0.3, -0.25) is 14.7 Å². The van der Waals surface area contributed by atoms with Crippen LogP contribution in [0.3, 0.4) is 0 Å². The van der Waals surface area contributed by atoms with Gasteiger partial charge >= 0.3 is 6.09 Å². The quantitative estimate of drug-likeness (QED) is 0.654. The number of ether oxygens (including phenoxy) is 1. The maximum Gasteiger partial charge on any atom is 0.418 e. The Morgan fingerprint density at radius 3 is 2.72 bits per heavy atom. The molecule has 1 atom stereocenters. The smallest absolute Gasteiger partial charge is 0.418 e. The van der Waals surface area contributed by atoms with Crippen molar-refractivity contribution in [1.82, 2.24) is 4.57 Å². The number of hydrogen-bond acceptors (Lipinski definition) is 5. The molecule has 0 amide bonds. The number of nitro groups is 1. The molecule has 0 fully saturated rings. The predicted octanol–water partition coefficient (Wildman–Crippen LogP) is 1.58. The summed E-state index contributed by atoms with van der Waals surface area (Å²) in [5, 5.41) is 20.0. The second kappa shape index (κ2) is 5.18. The zero-order valence-electron chi connectivity index (χ0n) is 10.5. The summed E-state index contributed by atoms with van der Waals surface area (Å²) >= 11 is 0. The molecule has 0 bridgehead atoms. The first-order valence-electron chi connectivity index (χ1n) is 5.41.